The summed E-state index contributed by atoms with van der Waals surface area (Å²) in [6.07, 6.45) is 1.05. The molecule has 0 aliphatic heterocycles. The zero-order chi connectivity index (χ0) is 19.3. The van der Waals surface area contributed by atoms with Crippen LogP contribution in [0.3, 0.4) is 0 Å². The van der Waals surface area contributed by atoms with E-state index in [1.165, 1.54) is 5.56 Å². The van der Waals surface area contributed by atoms with E-state index < -0.39 is 5.97 Å². The summed E-state index contributed by atoms with van der Waals surface area (Å²) in [7, 11) is 0. The van der Waals surface area contributed by atoms with Crippen molar-refractivity contribution in [2.75, 3.05) is 12.3 Å². The lowest BCUT2D eigenvalue weighted by molar-refractivity contribution is 0.0521. The molecule has 140 valence electrons. The minimum atomic E-state index is -0.469. The Morgan fingerprint density at radius 2 is 1.81 bits per heavy atom. The van der Waals surface area contributed by atoms with Crippen molar-refractivity contribution in [3.05, 3.63) is 46.8 Å². The highest BCUT2D eigenvalue weighted by Gasteiger charge is 2.20. The minimum Gasteiger partial charge on any atom is -0.487 e. The van der Waals surface area contributed by atoms with Crippen molar-refractivity contribution in [1.29, 1.82) is 0 Å². The third kappa shape index (κ3) is 4.50. The molecule has 1 aromatic carbocycles. The molecule has 0 unspecified atom stereocenters. The molecule has 0 spiro atoms. The van der Waals surface area contributed by atoms with Gasteiger partial charge >= 0.3 is 5.97 Å². The molecule has 0 saturated heterocycles. The van der Waals surface area contributed by atoms with Gasteiger partial charge in [0.25, 0.3) is 0 Å². The van der Waals surface area contributed by atoms with E-state index in [0.717, 1.165) is 6.42 Å². The van der Waals surface area contributed by atoms with Gasteiger partial charge in [0.15, 0.2) is 0 Å². The Morgan fingerprint density at radius 3 is 2.38 bits per heavy atom. The first-order valence-electron chi connectivity index (χ1n) is 8.82. The van der Waals surface area contributed by atoms with Gasteiger partial charge in [-0.1, -0.05) is 32.9 Å². The number of aryl methyl sites for hydroxylation is 1. The van der Waals surface area contributed by atoms with Gasteiger partial charge in [-0.15, -0.1) is 0 Å². The second-order valence-electron chi connectivity index (χ2n) is 6.76. The highest BCUT2D eigenvalue weighted by molar-refractivity contribution is 5.91. The molecule has 0 aliphatic carbocycles. The van der Waals surface area contributed by atoms with Gasteiger partial charge in [0.1, 0.15) is 17.9 Å². The maximum absolute atomic E-state index is 12.2. The summed E-state index contributed by atoms with van der Waals surface area (Å²) < 4.78 is 10.9. The van der Waals surface area contributed by atoms with Crippen molar-refractivity contribution in [2.45, 2.75) is 53.1 Å². The number of hydrogen-bond donors (Lipinski definition) is 1. The molecule has 2 rings (SSSR count). The second-order valence-corrected chi connectivity index (χ2v) is 6.76. The largest absolute Gasteiger partial charge is 0.487 e. The summed E-state index contributed by atoms with van der Waals surface area (Å²) >= 11 is 0. The Balaban J connectivity index is 2.20. The van der Waals surface area contributed by atoms with Crippen LogP contribution in [0.5, 0.6) is 5.75 Å². The van der Waals surface area contributed by atoms with Crippen molar-refractivity contribution in [3.8, 4) is 5.75 Å². The molecule has 0 atom stereocenters. The summed E-state index contributed by atoms with van der Waals surface area (Å²) in [4.78, 5) is 20.4. The molecule has 0 aliphatic rings. The molecule has 6 heteroatoms. The van der Waals surface area contributed by atoms with Crippen molar-refractivity contribution in [3.63, 3.8) is 0 Å². The second kappa shape index (κ2) is 8.17. The Kier molecular flexibility index (Phi) is 6.18. The highest BCUT2D eigenvalue weighted by Crippen LogP contribution is 2.28. The number of rotatable bonds is 7. The van der Waals surface area contributed by atoms with E-state index in [0.29, 0.717) is 22.7 Å². The smallest absolute Gasteiger partial charge is 0.341 e. The SMILES string of the molecule is CCOC(=O)c1c(C)nc(N)nc1COc1ccc(C(C)(C)CC)cc1. The average Bonchev–Trinajstić information content (AvgIpc) is 2.60. The lowest BCUT2D eigenvalue weighted by Crippen LogP contribution is -2.17. The quantitative estimate of drug-likeness (QED) is 0.758. The lowest BCUT2D eigenvalue weighted by Gasteiger charge is -2.23. The van der Waals surface area contributed by atoms with E-state index >= 15 is 0 Å². The zero-order valence-corrected chi connectivity index (χ0v) is 16.1. The molecule has 2 N–H and O–H groups in total. The van der Waals surface area contributed by atoms with Crippen LogP contribution in [-0.4, -0.2) is 22.5 Å². The van der Waals surface area contributed by atoms with E-state index in [2.05, 4.69) is 42.9 Å². The molecule has 0 bridgehead atoms. The van der Waals surface area contributed by atoms with Gasteiger partial charge in [-0.05, 0) is 43.4 Å². The number of nitrogens with zero attached hydrogens (tertiary/aromatic N) is 2. The fraction of sp³-hybridized carbons (Fsp3) is 0.450. The predicted octanol–water partition coefficient (Wildman–Crippen LogP) is 3.81. The van der Waals surface area contributed by atoms with Gasteiger partial charge in [0.2, 0.25) is 5.95 Å². The number of ether oxygens (including phenoxy) is 2. The minimum absolute atomic E-state index is 0.106. The number of benzene rings is 1. The van der Waals surface area contributed by atoms with E-state index in [1.807, 2.05) is 12.1 Å². The number of aromatic nitrogens is 2. The molecule has 1 aromatic heterocycles. The van der Waals surface area contributed by atoms with Gasteiger partial charge < -0.3 is 15.2 Å². The Morgan fingerprint density at radius 1 is 1.15 bits per heavy atom. The molecule has 2 aromatic rings. The number of nitrogen functional groups attached to an aromatic ring is 1. The summed E-state index contributed by atoms with van der Waals surface area (Å²) in [6, 6.07) is 7.97. The lowest BCUT2D eigenvalue weighted by atomic mass is 9.82. The van der Waals surface area contributed by atoms with Crippen LogP contribution in [0.2, 0.25) is 0 Å². The first-order valence-corrected chi connectivity index (χ1v) is 8.82. The normalized spacial score (nSPS) is 11.3. The van der Waals surface area contributed by atoms with Crippen molar-refractivity contribution in [1.82, 2.24) is 9.97 Å². The van der Waals surface area contributed by atoms with Gasteiger partial charge in [-0.3, -0.25) is 0 Å². The first kappa shape index (κ1) is 19.7. The van der Waals surface area contributed by atoms with Gasteiger partial charge in [-0.25, -0.2) is 14.8 Å². The summed E-state index contributed by atoms with van der Waals surface area (Å²) in [6.45, 7) is 10.4. The monoisotopic (exact) mass is 357 g/mol. The average molecular weight is 357 g/mol. The molecule has 6 nitrogen and oxygen atoms in total. The maximum atomic E-state index is 12.2. The Labute approximate surface area is 154 Å². The molecule has 0 radical (unpaired) electrons. The van der Waals surface area contributed by atoms with Crippen molar-refractivity contribution < 1.29 is 14.3 Å². The third-order valence-corrected chi connectivity index (χ3v) is 4.56. The van der Waals surface area contributed by atoms with Crippen LogP contribution in [0, 0.1) is 6.92 Å². The first-order chi connectivity index (χ1) is 12.3. The molecule has 26 heavy (non-hydrogen) atoms. The molecule has 0 fully saturated rings. The van der Waals surface area contributed by atoms with Gasteiger partial charge in [0, 0.05) is 0 Å². The predicted molar refractivity (Wildman–Crippen MR) is 101 cm³/mol. The number of anilines is 1. The molecule has 0 amide bonds. The van der Waals surface area contributed by atoms with Crippen molar-refractivity contribution >= 4 is 11.9 Å². The summed E-state index contributed by atoms with van der Waals surface area (Å²) in [5.74, 6) is 0.336. The standard InChI is InChI=1S/C20H27N3O3/c1-6-20(4,5)14-8-10-15(11-9-14)26-12-16-17(18(24)25-7-2)13(3)22-19(21)23-16/h8-11H,6-7,12H2,1-5H3,(H2,21,22,23). The van der Waals surface area contributed by atoms with Crippen LogP contribution in [-0.2, 0) is 16.8 Å². The van der Waals surface area contributed by atoms with Crippen LogP contribution in [0.1, 0.15) is 61.4 Å². The fourth-order valence-corrected chi connectivity index (χ4v) is 2.59. The Bertz CT molecular complexity index is 771. The summed E-state index contributed by atoms with van der Waals surface area (Å²) in [5.41, 5.74) is 8.31. The molecular formula is C20H27N3O3. The number of carbonyl (C=O) groups excluding carboxylic acids is 1. The van der Waals surface area contributed by atoms with Crippen LogP contribution >= 0.6 is 0 Å². The highest BCUT2D eigenvalue weighted by atomic mass is 16.5. The molecular weight excluding hydrogens is 330 g/mol. The number of hydrogen-bond acceptors (Lipinski definition) is 6. The maximum Gasteiger partial charge on any atom is 0.341 e. The van der Waals surface area contributed by atoms with Crippen molar-refractivity contribution in [2.24, 2.45) is 0 Å². The van der Waals surface area contributed by atoms with E-state index in [1.54, 1.807) is 13.8 Å². The van der Waals surface area contributed by atoms with Gasteiger partial charge in [0.05, 0.1) is 18.0 Å². The topological polar surface area (TPSA) is 87.3 Å². The number of carbonyl (C=O) groups is 1. The van der Waals surface area contributed by atoms with E-state index in [4.69, 9.17) is 15.2 Å². The van der Waals surface area contributed by atoms with E-state index in [9.17, 15) is 4.79 Å². The van der Waals surface area contributed by atoms with E-state index in [-0.39, 0.29) is 24.6 Å². The zero-order valence-electron chi connectivity index (χ0n) is 16.1. The van der Waals surface area contributed by atoms with Crippen LogP contribution in [0.25, 0.3) is 0 Å². The van der Waals surface area contributed by atoms with Crippen LogP contribution in [0.4, 0.5) is 5.95 Å². The number of nitrogens with two attached hydrogens (primary N) is 1. The molecule has 1 heterocycles. The third-order valence-electron chi connectivity index (χ3n) is 4.56. The van der Waals surface area contributed by atoms with Crippen LogP contribution < -0.4 is 10.5 Å². The van der Waals surface area contributed by atoms with Crippen LogP contribution in [0.15, 0.2) is 24.3 Å². The molecule has 0 saturated carbocycles. The fourth-order valence-electron chi connectivity index (χ4n) is 2.59. The Hall–Kier alpha value is -2.63. The van der Waals surface area contributed by atoms with Gasteiger partial charge in [-0.2, -0.15) is 0 Å². The number of esters is 1. The summed E-state index contributed by atoms with van der Waals surface area (Å²) in [5, 5.41) is 0.